The molecular formula is C18H29N5O6. The molecule has 0 radical (unpaired) electrons. The number of carbonyl (C=O) groups excluding carboxylic acids is 3. The Morgan fingerprint density at radius 3 is 2.34 bits per heavy atom. The normalized spacial score (nSPS) is 29.0. The zero-order valence-corrected chi connectivity index (χ0v) is 16.9. The highest BCUT2D eigenvalue weighted by atomic mass is 16.5. The van der Waals surface area contributed by atoms with Crippen LogP contribution in [-0.4, -0.2) is 79.3 Å². The van der Waals surface area contributed by atoms with Gasteiger partial charge in [0.2, 0.25) is 5.91 Å². The van der Waals surface area contributed by atoms with E-state index in [9.17, 15) is 29.5 Å². The minimum Gasteiger partial charge on any atom is -0.465 e. The van der Waals surface area contributed by atoms with Crippen LogP contribution >= 0.6 is 0 Å². The minimum absolute atomic E-state index is 0.269. The molecule has 2 bridgehead atoms. The summed E-state index contributed by atoms with van der Waals surface area (Å²) in [6.07, 6.45) is 1.63. The third-order valence-corrected chi connectivity index (χ3v) is 6.03. The molecule has 0 unspecified atom stereocenters. The number of amides is 5. The maximum Gasteiger partial charge on any atom is 0.408 e. The molecule has 11 nitrogen and oxygen atoms in total. The number of fused-ring (bicyclic) bond motifs is 2. The molecule has 0 aromatic heterocycles. The second-order valence-corrected chi connectivity index (χ2v) is 8.93. The number of nitrogens with one attached hydrogen (secondary N) is 2. The average molecular weight is 411 g/mol. The molecule has 1 aliphatic carbocycles. The summed E-state index contributed by atoms with van der Waals surface area (Å²) in [6.45, 7) is 5.61. The van der Waals surface area contributed by atoms with Crippen LogP contribution in [0.4, 0.5) is 9.59 Å². The van der Waals surface area contributed by atoms with Gasteiger partial charge in [0.1, 0.15) is 6.04 Å². The molecule has 11 heteroatoms. The van der Waals surface area contributed by atoms with E-state index in [-0.39, 0.29) is 12.6 Å². The van der Waals surface area contributed by atoms with Crippen molar-refractivity contribution in [2.75, 3.05) is 6.54 Å². The fraction of sp³-hybridized carbons (Fsp3) is 0.778. The van der Waals surface area contributed by atoms with E-state index >= 15 is 0 Å². The summed E-state index contributed by atoms with van der Waals surface area (Å²) in [6, 6.07) is -2.15. The molecule has 1 saturated carbocycles. The zero-order valence-electron chi connectivity index (χ0n) is 16.9. The molecule has 3 fully saturated rings. The van der Waals surface area contributed by atoms with Gasteiger partial charge in [-0.05, 0) is 46.5 Å². The van der Waals surface area contributed by atoms with Crippen molar-refractivity contribution in [2.24, 2.45) is 5.92 Å². The van der Waals surface area contributed by atoms with E-state index in [2.05, 4.69) is 10.9 Å². The van der Waals surface area contributed by atoms with Crippen LogP contribution < -0.4 is 10.9 Å². The SMILES string of the molecule is CC(C)(C)N(C(=O)O)[C@@H]1CCC[C@H]1C(=O)NNC(=O)[C@@H]1CC[C@@H]2CN1C(=O)N2O. The highest BCUT2D eigenvalue weighted by molar-refractivity contribution is 5.90. The lowest BCUT2D eigenvalue weighted by molar-refractivity contribution is -0.134. The van der Waals surface area contributed by atoms with E-state index < -0.39 is 47.5 Å². The molecule has 4 atom stereocenters. The Kier molecular flexibility index (Phi) is 5.61. The van der Waals surface area contributed by atoms with Crippen molar-refractivity contribution in [1.29, 1.82) is 0 Å². The predicted octanol–water partition coefficient (Wildman–Crippen LogP) is 0.739. The number of hydrazine groups is 1. The van der Waals surface area contributed by atoms with E-state index in [0.29, 0.717) is 30.7 Å². The van der Waals surface area contributed by atoms with E-state index in [4.69, 9.17) is 0 Å². The van der Waals surface area contributed by atoms with Gasteiger partial charge in [-0.3, -0.25) is 30.5 Å². The maximum absolute atomic E-state index is 12.7. The van der Waals surface area contributed by atoms with Crippen molar-refractivity contribution >= 4 is 23.9 Å². The van der Waals surface area contributed by atoms with Crippen LogP contribution in [0.15, 0.2) is 0 Å². The summed E-state index contributed by atoms with van der Waals surface area (Å²) >= 11 is 0. The smallest absolute Gasteiger partial charge is 0.408 e. The van der Waals surface area contributed by atoms with Gasteiger partial charge in [-0.15, -0.1) is 0 Å². The minimum atomic E-state index is -1.08. The molecule has 3 aliphatic rings. The summed E-state index contributed by atoms with van der Waals surface area (Å²) in [5.74, 6) is -1.54. The molecule has 5 amide bonds. The fourth-order valence-corrected chi connectivity index (χ4v) is 4.70. The van der Waals surface area contributed by atoms with Crippen LogP contribution in [0.3, 0.4) is 0 Å². The molecule has 0 spiro atoms. The van der Waals surface area contributed by atoms with Crippen LogP contribution in [0.2, 0.25) is 0 Å². The van der Waals surface area contributed by atoms with Crippen molar-refractivity contribution in [2.45, 2.75) is 76.5 Å². The first kappa shape index (κ1) is 21.2. The lowest BCUT2D eigenvalue weighted by Gasteiger charge is -2.40. The Hall–Kier alpha value is -2.56. The molecule has 2 heterocycles. The van der Waals surface area contributed by atoms with Gasteiger partial charge >= 0.3 is 12.1 Å². The summed E-state index contributed by atoms with van der Waals surface area (Å²) < 4.78 is 0. The first-order valence-electron chi connectivity index (χ1n) is 9.93. The van der Waals surface area contributed by atoms with Gasteiger partial charge in [0, 0.05) is 18.1 Å². The predicted molar refractivity (Wildman–Crippen MR) is 99.6 cm³/mol. The lowest BCUT2D eigenvalue weighted by Crippen LogP contribution is -2.58. The summed E-state index contributed by atoms with van der Waals surface area (Å²) in [5, 5.41) is 20.0. The van der Waals surface area contributed by atoms with Crippen LogP contribution in [0.5, 0.6) is 0 Å². The summed E-state index contributed by atoms with van der Waals surface area (Å²) in [7, 11) is 0. The number of nitrogens with zero attached hydrogens (tertiary/aromatic N) is 3. The van der Waals surface area contributed by atoms with Gasteiger partial charge < -0.3 is 10.0 Å². The second-order valence-electron chi connectivity index (χ2n) is 8.93. The Morgan fingerprint density at radius 1 is 1.07 bits per heavy atom. The molecule has 3 rings (SSSR count). The van der Waals surface area contributed by atoms with E-state index in [1.165, 1.54) is 9.80 Å². The van der Waals surface area contributed by atoms with Gasteiger partial charge in [0.25, 0.3) is 5.91 Å². The molecule has 0 aromatic carbocycles. The van der Waals surface area contributed by atoms with E-state index in [1.54, 1.807) is 20.8 Å². The average Bonchev–Trinajstić information content (AvgIpc) is 3.18. The van der Waals surface area contributed by atoms with E-state index in [1.807, 2.05) is 0 Å². The second kappa shape index (κ2) is 7.69. The van der Waals surface area contributed by atoms with Gasteiger partial charge in [-0.2, -0.15) is 0 Å². The molecule has 162 valence electrons. The van der Waals surface area contributed by atoms with Gasteiger partial charge in [0.15, 0.2) is 0 Å². The molecule has 4 N–H and O–H groups in total. The standard InChI is InChI=1S/C18H29N5O6/c1-18(2,3)22(17(27)28)12-6-4-5-11(12)14(24)19-20-15(25)13-8-7-10-9-21(13)16(26)23(10)29/h10-13,29H,4-9H2,1-3H3,(H,19,24)(H,20,25)(H,27,28)/t10-,11-,12-,13+/m1/s1. The molecular weight excluding hydrogens is 382 g/mol. The Labute approximate surface area is 168 Å². The molecule has 2 aliphatic heterocycles. The van der Waals surface area contributed by atoms with E-state index in [0.717, 1.165) is 6.42 Å². The number of urea groups is 1. The Morgan fingerprint density at radius 2 is 1.72 bits per heavy atom. The van der Waals surface area contributed by atoms with Crippen LogP contribution in [0.1, 0.15) is 52.9 Å². The molecule has 2 saturated heterocycles. The van der Waals surface area contributed by atoms with Crippen LogP contribution in [0.25, 0.3) is 0 Å². The first-order chi connectivity index (χ1) is 13.5. The number of hydrogen-bond donors (Lipinski definition) is 4. The number of piperidine rings is 1. The quantitative estimate of drug-likeness (QED) is 0.398. The Balaban J connectivity index is 1.61. The van der Waals surface area contributed by atoms with Crippen molar-refractivity contribution in [3.63, 3.8) is 0 Å². The van der Waals surface area contributed by atoms with Gasteiger partial charge in [0.05, 0.1) is 12.0 Å². The first-order valence-corrected chi connectivity index (χ1v) is 9.93. The fourth-order valence-electron chi connectivity index (χ4n) is 4.70. The topological polar surface area (TPSA) is 143 Å². The van der Waals surface area contributed by atoms with Gasteiger partial charge in [-0.1, -0.05) is 6.42 Å². The molecule has 29 heavy (non-hydrogen) atoms. The van der Waals surface area contributed by atoms with Gasteiger partial charge in [-0.25, -0.2) is 14.7 Å². The number of hydrogen-bond acceptors (Lipinski definition) is 5. The third kappa shape index (κ3) is 3.96. The van der Waals surface area contributed by atoms with Crippen molar-refractivity contribution < 1.29 is 29.5 Å². The van der Waals surface area contributed by atoms with Crippen LogP contribution in [-0.2, 0) is 9.59 Å². The largest absolute Gasteiger partial charge is 0.465 e. The number of carbonyl (C=O) groups is 4. The van der Waals surface area contributed by atoms with Crippen LogP contribution in [0, 0.1) is 5.92 Å². The number of rotatable bonds is 3. The maximum atomic E-state index is 12.7. The summed E-state index contributed by atoms with van der Waals surface area (Å²) in [5.41, 5.74) is 4.13. The van der Waals surface area contributed by atoms with Crippen molar-refractivity contribution in [3.8, 4) is 0 Å². The lowest BCUT2D eigenvalue weighted by atomic mass is 9.96. The Bertz CT molecular complexity index is 707. The van der Waals surface area contributed by atoms with Crippen molar-refractivity contribution in [1.82, 2.24) is 25.7 Å². The zero-order chi connectivity index (χ0) is 21.5. The highest BCUT2D eigenvalue weighted by Crippen LogP contribution is 2.34. The number of hydroxylamine groups is 2. The highest BCUT2D eigenvalue weighted by Gasteiger charge is 2.47. The monoisotopic (exact) mass is 411 g/mol. The van der Waals surface area contributed by atoms with Crippen molar-refractivity contribution in [3.05, 3.63) is 0 Å². The third-order valence-electron chi connectivity index (χ3n) is 6.03. The summed E-state index contributed by atoms with van der Waals surface area (Å²) in [4.78, 5) is 51.6. The molecule has 0 aromatic rings. The number of carboxylic acid groups (broad SMARTS) is 1.